The van der Waals surface area contributed by atoms with Gasteiger partial charge in [-0.3, -0.25) is 4.79 Å². The van der Waals surface area contributed by atoms with Gasteiger partial charge in [0.25, 0.3) is 5.91 Å². The highest BCUT2D eigenvalue weighted by Crippen LogP contribution is 2.19. The number of aryl methyl sites for hydroxylation is 3. The zero-order valence-electron chi connectivity index (χ0n) is 11.3. The minimum absolute atomic E-state index is 0.148. The molecular weight excluding hydrogens is 258 g/mol. The first-order chi connectivity index (χ1) is 8.97. The van der Waals surface area contributed by atoms with E-state index in [4.69, 9.17) is 11.6 Å². The molecule has 0 spiro atoms. The predicted molar refractivity (Wildman–Crippen MR) is 80.1 cm³/mol. The van der Waals surface area contributed by atoms with Crippen LogP contribution in [0.3, 0.4) is 0 Å². The van der Waals surface area contributed by atoms with E-state index in [0.29, 0.717) is 10.6 Å². The number of hydrogen-bond acceptors (Lipinski definition) is 1. The summed E-state index contributed by atoms with van der Waals surface area (Å²) in [6, 6.07) is 11.2. The number of carbonyl (C=O) groups is 1. The Bertz CT molecular complexity index is 635. The van der Waals surface area contributed by atoms with Gasteiger partial charge < -0.3 is 5.32 Å². The van der Waals surface area contributed by atoms with Crippen molar-refractivity contribution in [3.8, 4) is 0 Å². The zero-order chi connectivity index (χ0) is 14.0. The van der Waals surface area contributed by atoms with Crippen LogP contribution >= 0.6 is 11.6 Å². The number of nitrogens with one attached hydrogen (secondary N) is 1. The summed E-state index contributed by atoms with van der Waals surface area (Å²) in [6.45, 7) is 5.97. The SMILES string of the molecule is Cc1ccc(NC(=O)c2ccc(C)c(Cl)c2)cc1C. The number of hydrogen-bond donors (Lipinski definition) is 1. The number of rotatable bonds is 2. The molecule has 2 aromatic rings. The van der Waals surface area contributed by atoms with E-state index in [1.807, 2.05) is 45.0 Å². The van der Waals surface area contributed by atoms with Crippen LogP contribution in [-0.4, -0.2) is 5.91 Å². The van der Waals surface area contributed by atoms with Gasteiger partial charge in [0.05, 0.1) is 0 Å². The Morgan fingerprint density at radius 2 is 1.63 bits per heavy atom. The molecule has 0 aliphatic carbocycles. The third-order valence-corrected chi connectivity index (χ3v) is 3.61. The van der Waals surface area contributed by atoms with Gasteiger partial charge in [0.15, 0.2) is 0 Å². The molecule has 0 saturated heterocycles. The first-order valence-electron chi connectivity index (χ1n) is 6.12. The van der Waals surface area contributed by atoms with E-state index >= 15 is 0 Å². The number of benzene rings is 2. The van der Waals surface area contributed by atoms with Crippen molar-refractivity contribution < 1.29 is 4.79 Å². The molecule has 1 N–H and O–H groups in total. The van der Waals surface area contributed by atoms with E-state index in [9.17, 15) is 4.79 Å². The lowest BCUT2D eigenvalue weighted by molar-refractivity contribution is 0.102. The number of carbonyl (C=O) groups excluding carboxylic acids is 1. The topological polar surface area (TPSA) is 29.1 Å². The van der Waals surface area contributed by atoms with E-state index in [0.717, 1.165) is 16.8 Å². The van der Waals surface area contributed by atoms with Gasteiger partial charge in [0.2, 0.25) is 0 Å². The van der Waals surface area contributed by atoms with Crippen molar-refractivity contribution in [2.24, 2.45) is 0 Å². The summed E-state index contributed by atoms with van der Waals surface area (Å²) >= 11 is 6.03. The summed E-state index contributed by atoms with van der Waals surface area (Å²) in [7, 11) is 0. The second-order valence-electron chi connectivity index (χ2n) is 4.72. The highest BCUT2D eigenvalue weighted by Gasteiger charge is 2.08. The molecule has 0 heterocycles. The Hall–Kier alpha value is -1.80. The molecule has 0 aliphatic rings. The van der Waals surface area contributed by atoms with Crippen LogP contribution in [-0.2, 0) is 0 Å². The standard InChI is InChI=1S/C16H16ClNO/c1-10-5-7-14(8-12(10)3)18-16(19)13-6-4-11(2)15(17)9-13/h4-9H,1-3H3,(H,18,19). The van der Waals surface area contributed by atoms with Gasteiger partial charge in [0, 0.05) is 16.3 Å². The second kappa shape index (κ2) is 5.45. The molecule has 0 radical (unpaired) electrons. The van der Waals surface area contributed by atoms with Gasteiger partial charge in [-0.1, -0.05) is 23.7 Å². The maximum Gasteiger partial charge on any atom is 0.255 e. The highest BCUT2D eigenvalue weighted by molar-refractivity contribution is 6.31. The first kappa shape index (κ1) is 13.6. The fourth-order valence-electron chi connectivity index (χ4n) is 1.76. The maximum atomic E-state index is 12.1. The Balaban J connectivity index is 2.20. The van der Waals surface area contributed by atoms with E-state index in [2.05, 4.69) is 5.32 Å². The monoisotopic (exact) mass is 273 g/mol. The number of amides is 1. The van der Waals surface area contributed by atoms with Crippen molar-refractivity contribution in [2.45, 2.75) is 20.8 Å². The van der Waals surface area contributed by atoms with Gasteiger partial charge in [-0.15, -0.1) is 0 Å². The zero-order valence-corrected chi connectivity index (χ0v) is 12.0. The molecule has 0 aromatic heterocycles. The minimum atomic E-state index is -0.148. The molecule has 2 aromatic carbocycles. The molecule has 2 rings (SSSR count). The summed E-state index contributed by atoms with van der Waals surface area (Å²) in [6.07, 6.45) is 0. The Kier molecular flexibility index (Phi) is 3.91. The van der Waals surface area contributed by atoms with E-state index < -0.39 is 0 Å². The molecule has 1 amide bonds. The Morgan fingerprint density at radius 1 is 0.947 bits per heavy atom. The van der Waals surface area contributed by atoms with Crippen molar-refractivity contribution in [3.63, 3.8) is 0 Å². The van der Waals surface area contributed by atoms with Gasteiger partial charge in [-0.25, -0.2) is 0 Å². The third kappa shape index (κ3) is 3.15. The van der Waals surface area contributed by atoms with Crippen LogP contribution in [0.15, 0.2) is 36.4 Å². The largest absolute Gasteiger partial charge is 0.322 e. The summed E-state index contributed by atoms with van der Waals surface area (Å²) < 4.78 is 0. The lowest BCUT2D eigenvalue weighted by Gasteiger charge is -2.08. The summed E-state index contributed by atoms with van der Waals surface area (Å²) in [5.41, 5.74) is 4.68. The molecule has 98 valence electrons. The second-order valence-corrected chi connectivity index (χ2v) is 5.12. The minimum Gasteiger partial charge on any atom is -0.322 e. The smallest absolute Gasteiger partial charge is 0.255 e. The van der Waals surface area contributed by atoms with Crippen molar-refractivity contribution in [3.05, 3.63) is 63.7 Å². The molecule has 3 heteroatoms. The van der Waals surface area contributed by atoms with Crippen LogP contribution < -0.4 is 5.32 Å². The summed E-state index contributed by atoms with van der Waals surface area (Å²) in [4.78, 5) is 12.1. The van der Waals surface area contributed by atoms with Crippen LogP contribution in [0.1, 0.15) is 27.0 Å². The Morgan fingerprint density at radius 3 is 2.26 bits per heavy atom. The van der Waals surface area contributed by atoms with Crippen LogP contribution in [0.25, 0.3) is 0 Å². The lowest BCUT2D eigenvalue weighted by atomic mass is 10.1. The van der Waals surface area contributed by atoms with Crippen molar-refractivity contribution in [1.29, 1.82) is 0 Å². The molecule has 0 unspecified atom stereocenters. The quantitative estimate of drug-likeness (QED) is 0.856. The summed E-state index contributed by atoms with van der Waals surface area (Å²) in [5, 5.41) is 3.48. The van der Waals surface area contributed by atoms with Gasteiger partial charge in [-0.2, -0.15) is 0 Å². The summed E-state index contributed by atoms with van der Waals surface area (Å²) in [5.74, 6) is -0.148. The normalized spacial score (nSPS) is 10.3. The fraction of sp³-hybridized carbons (Fsp3) is 0.188. The fourth-order valence-corrected chi connectivity index (χ4v) is 1.94. The van der Waals surface area contributed by atoms with Gasteiger partial charge >= 0.3 is 0 Å². The molecule has 0 aliphatic heterocycles. The predicted octanol–water partition coefficient (Wildman–Crippen LogP) is 4.52. The first-order valence-corrected chi connectivity index (χ1v) is 6.50. The maximum absolute atomic E-state index is 12.1. The van der Waals surface area contributed by atoms with Crippen molar-refractivity contribution in [2.75, 3.05) is 5.32 Å². The highest BCUT2D eigenvalue weighted by atomic mass is 35.5. The average Bonchev–Trinajstić information content (AvgIpc) is 2.37. The van der Waals surface area contributed by atoms with E-state index in [-0.39, 0.29) is 5.91 Å². The van der Waals surface area contributed by atoms with Crippen molar-refractivity contribution in [1.82, 2.24) is 0 Å². The van der Waals surface area contributed by atoms with Crippen LogP contribution in [0.2, 0.25) is 5.02 Å². The number of anilines is 1. The van der Waals surface area contributed by atoms with Gasteiger partial charge in [-0.05, 0) is 61.7 Å². The van der Waals surface area contributed by atoms with Crippen LogP contribution in [0.5, 0.6) is 0 Å². The molecular formula is C16H16ClNO. The molecule has 0 atom stereocenters. The molecule has 0 bridgehead atoms. The van der Waals surface area contributed by atoms with Crippen LogP contribution in [0, 0.1) is 20.8 Å². The third-order valence-electron chi connectivity index (χ3n) is 3.20. The number of halogens is 1. The van der Waals surface area contributed by atoms with E-state index in [1.54, 1.807) is 12.1 Å². The molecule has 2 nitrogen and oxygen atoms in total. The van der Waals surface area contributed by atoms with Gasteiger partial charge in [0.1, 0.15) is 0 Å². The molecule has 19 heavy (non-hydrogen) atoms. The van der Waals surface area contributed by atoms with Crippen molar-refractivity contribution >= 4 is 23.2 Å². The van der Waals surface area contributed by atoms with Crippen LogP contribution in [0.4, 0.5) is 5.69 Å². The molecule has 0 saturated carbocycles. The Labute approximate surface area is 118 Å². The average molecular weight is 274 g/mol. The van der Waals surface area contributed by atoms with E-state index in [1.165, 1.54) is 5.56 Å². The lowest BCUT2D eigenvalue weighted by Crippen LogP contribution is -2.12. The molecule has 0 fully saturated rings.